The molecule has 0 amide bonds. The lowest BCUT2D eigenvalue weighted by atomic mass is 9.87. The zero-order valence-corrected chi connectivity index (χ0v) is 12.3. The largest absolute Gasteiger partial charge is 0.343 e. The average molecular weight is 270 g/mol. The molecule has 0 bridgehead atoms. The van der Waals surface area contributed by atoms with Gasteiger partial charge in [0.2, 0.25) is 0 Å². The summed E-state index contributed by atoms with van der Waals surface area (Å²) in [5, 5.41) is 11.4. The van der Waals surface area contributed by atoms with Crippen LogP contribution in [0, 0.1) is 5.41 Å². The first-order chi connectivity index (χ1) is 8.49. The number of nitrogens with zero attached hydrogens (tertiary/aromatic N) is 2. The Morgan fingerprint density at radius 3 is 2.94 bits per heavy atom. The molecule has 0 aromatic carbocycles. The van der Waals surface area contributed by atoms with Crippen LogP contribution in [-0.2, 0) is 6.54 Å². The Morgan fingerprint density at radius 2 is 2.33 bits per heavy atom. The van der Waals surface area contributed by atoms with E-state index in [-0.39, 0.29) is 5.69 Å². The third kappa shape index (κ3) is 2.36. The maximum absolute atomic E-state index is 11.5. The monoisotopic (exact) mass is 270 g/mol. The third-order valence-corrected chi connectivity index (χ3v) is 5.23. The molecule has 1 aromatic rings. The zero-order valence-electron chi connectivity index (χ0n) is 11.5. The van der Waals surface area contributed by atoms with Crippen LogP contribution in [0.4, 0.5) is 0 Å². The second-order valence-electron chi connectivity index (χ2n) is 5.51. The molecule has 5 nitrogen and oxygen atoms in total. The molecule has 0 radical (unpaired) electrons. The van der Waals surface area contributed by atoms with E-state index in [1.807, 2.05) is 14.0 Å². The van der Waals surface area contributed by atoms with Crippen LogP contribution in [-0.4, -0.2) is 33.1 Å². The van der Waals surface area contributed by atoms with Crippen molar-refractivity contribution in [1.82, 2.24) is 20.1 Å². The minimum atomic E-state index is -0.113. The van der Waals surface area contributed by atoms with Crippen molar-refractivity contribution in [1.29, 1.82) is 0 Å². The highest BCUT2D eigenvalue weighted by Gasteiger charge is 2.42. The maximum Gasteiger partial charge on any atom is 0.343 e. The molecule has 2 unspecified atom stereocenters. The predicted octanol–water partition coefficient (Wildman–Crippen LogP) is 1.46. The molecule has 6 heteroatoms. The van der Waals surface area contributed by atoms with Gasteiger partial charge in [-0.25, -0.2) is 9.89 Å². The molecule has 1 heterocycles. The van der Waals surface area contributed by atoms with Gasteiger partial charge in [0.15, 0.2) is 5.16 Å². The van der Waals surface area contributed by atoms with E-state index in [1.165, 1.54) is 6.42 Å². The highest BCUT2D eigenvalue weighted by atomic mass is 32.2. The van der Waals surface area contributed by atoms with E-state index in [4.69, 9.17) is 0 Å². The number of thioether (sulfide) groups is 1. The predicted molar refractivity (Wildman–Crippen MR) is 74.0 cm³/mol. The molecule has 1 fully saturated rings. The minimum Gasteiger partial charge on any atom is -0.315 e. The number of aromatic amines is 1. The first-order valence-corrected chi connectivity index (χ1v) is 7.36. The molecule has 2 atom stereocenters. The van der Waals surface area contributed by atoms with Gasteiger partial charge in [0.05, 0.1) is 0 Å². The number of aromatic nitrogens is 3. The fourth-order valence-corrected chi connectivity index (χ4v) is 4.44. The fourth-order valence-electron chi connectivity index (χ4n) is 2.85. The van der Waals surface area contributed by atoms with Gasteiger partial charge in [0.1, 0.15) is 0 Å². The SMILES string of the molecule is CCn1c(SC2CCC(C)(C)C2NC)n[nH]c1=O. The molecular weight excluding hydrogens is 248 g/mol. The minimum absolute atomic E-state index is 0.113. The van der Waals surface area contributed by atoms with Crippen molar-refractivity contribution < 1.29 is 0 Å². The van der Waals surface area contributed by atoms with Crippen molar-refractivity contribution in [2.24, 2.45) is 5.41 Å². The fraction of sp³-hybridized carbons (Fsp3) is 0.833. The van der Waals surface area contributed by atoms with E-state index < -0.39 is 0 Å². The summed E-state index contributed by atoms with van der Waals surface area (Å²) in [4.78, 5) is 11.5. The first-order valence-electron chi connectivity index (χ1n) is 6.48. The van der Waals surface area contributed by atoms with Gasteiger partial charge in [-0.3, -0.25) is 4.57 Å². The standard InChI is InChI=1S/C12H22N4OS/c1-5-16-10(17)14-15-11(16)18-8-6-7-12(2,3)9(8)13-4/h8-9,13H,5-7H2,1-4H3,(H,14,17). The topological polar surface area (TPSA) is 62.7 Å². The molecule has 0 spiro atoms. The summed E-state index contributed by atoms with van der Waals surface area (Å²) in [6, 6.07) is 0.458. The lowest BCUT2D eigenvalue weighted by Crippen LogP contribution is -2.41. The van der Waals surface area contributed by atoms with Crippen molar-refractivity contribution in [2.45, 2.75) is 56.6 Å². The van der Waals surface area contributed by atoms with Crippen molar-refractivity contribution in [3.05, 3.63) is 10.5 Å². The van der Waals surface area contributed by atoms with Gasteiger partial charge in [-0.1, -0.05) is 25.6 Å². The summed E-state index contributed by atoms with van der Waals surface area (Å²) in [7, 11) is 2.02. The molecule has 1 aliphatic carbocycles. The van der Waals surface area contributed by atoms with Gasteiger partial charge < -0.3 is 5.32 Å². The van der Waals surface area contributed by atoms with Crippen molar-refractivity contribution >= 4 is 11.8 Å². The van der Waals surface area contributed by atoms with E-state index in [1.54, 1.807) is 16.3 Å². The van der Waals surface area contributed by atoms with Gasteiger partial charge in [-0.15, -0.1) is 5.10 Å². The van der Waals surface area contributed by atoms with Crippen LogP contribution in [0.3, 0.4) is 0 Å². The second kappa shape index (κ2) is 5.09. The molecule has 1 saturated carbocycles. The average Bonchev–Trinajstić information content (AvgIpc) is 2.80. The van der Waals surface area contributed by atoms with Crippen LogP contribution in [0.2, 0.25) is 0 Å². The van der Waals surface area contributed by atoms with Gasteiger partial charge in [-0.05, 0) is 32.2 Å². The lowest BCUT2D eigenvalue weighted by molar-refractivity contribution is 0.300. The Balaban J connectivity index is 2.17. The van der Waals surface area contributed by atoms with Crippen LogP contribution in [0.1, 0.15) is 33.6 Å². The van der Waals surface area contributed by atoms with E-state index >= 15 is 0 Å². The Bertz CT molecular complexity index is 465. The van der Waals surface area contributed by atoms with Gasteiger partial charge in [-0.2, -0.15) is 0 Å². The Kier molecular flexibility index (Phi) is 3.87. The smallest absolute Gasteiger partial charge is 0.315 e. The Hall–Kier alpha value is -0.750. The quantitative estimate of drug-likeness (QED) is 0.869. The van der Waals surface area contributed by atoms with Crippen LogP contribution < -0.4 is 11.0 Å². The molecule has 1 aromatic heterocycles. The van der Waals surface area contributed by atoms with Crippen LogP contribution >= 0.6 is 11.8 Å². The normalized spacial score (nSPS) is 26.7. The molecule has 1 aliphatic rings. The Morgan fingerprint density at radius 1 is 1.61 bits per heavy atom. The Labute approximate surface area is 112 Å². The summed E-state index contributed by atoms with van der Waals surface area (Å²) < 4.78 is 1.70. The molecule has 102 valence electrons. The van der Waals surface area contributed by atoms with Crippen LogP contribution in [0.15, 0.2) is 9.95 Å². The number of hydrogen-bond donors (Lipinski definition) is 2. The summed E-state index contributed by atoms with van der Waals surface area (Å²) in [6.45, 7) is 7.23. The molecule has 18 heavy (non-hydrogen) atoms. The summed E-state index contributed by atoms with van der Waals surface area (Å²) >= 11 is 1.72. The summed E-state index contributed by atoms with van der Waals surface area (Å²) in [5.41, 5.74) is 0.193. The third-order valence-electron chi connectivity index (χ3n) is 3.89. The van der Waals surface area contributed by atoms with E-state index in [0.29, 0.717) is 23.3 Å². The molecule has 2 N–H and O–H groups in total. The van der Waals surface area contributed by atoms with Crippen molar-refractivity contribution in [3.8, 4) is 0 Å². The lowest BCUT2D eigenvalue weighted by Gasteiger charge is -2.29. The van der Waals surface area contributed by atoms with Crippen LogP contribution in [0.25, 0.3) is 0 Å². The first kappa shape index (κ1) is 13.7. The van der Waals surface area contributed by atoms with Gasteiger partial charge in [0.25, 0.3) is 0 Å². The molecule has 0 aliphatic heterocycles. The summed E-state index contributed by atoms with van der Waals surface area (Å²) in [6.07, 6.45) is 2.37. The van der Waals surface area contributed by atoms with Crippen molar-refractivity contribution in [3.63, 3.8) is 0 Å². The summed E-state index contributed by atoms with van der Waals surface area (Å²) in [5.74, 6) is 0. The highest BCUT2D eigenvalue weighted by Crippen LogP contribution is 2.44. The van der Waals surface area contributed by atoms with E-state index in [0.717, 1.165) is 11.6 Å². The molecular formula is C12H22N4OS. The maximum atomic E-state index is 11.5. The van der Waals surface area contributed by atoms with E-state index in [2.05, 4.69) is 29.4 Å². The van der Waals surface area contributed by atoms with Gasteiger partial charge >= 0.3 is 5.69 Å². The molecule has 0 saturated heterocycles. The van der Waals surface area contributed by atoms with Crippen molar-refractivity contribution in [2.75, 3.05) is 7.05 Å². The zero-order chi connectivity index (χ0) is 13.3. The number of H-pyrrole nitrogens is 1. The number of nitrogens with one attached hydrogen (secondary N) is 2. The number of rotatable bonds is 4. The number of hydrogen-bond acceptors (Lipinski definition) is 4. The van der Waals surface area contributed by atoms with E-state index in [9.17, 15) is 4.79 Å². The molecule has 2 rings (SSSR count). The second-order valence-corrected chi connectivity index (χ2v) is 6.71. The highest BCUT2D eigenvalue weighted by molar-refractivity contribution is 7.99. The van der Waals surface area contributed by atoms with Crippen LogP contribution in [0.5, 0.6) is 0 Å². The van der Waals surface area contributed by atoms with Gasteiger partial charge in [0, 0.05) is 17.8 Å².